The van der Waals surface area contributed by atoms with Crippen LogP contribution >= 0.6 is 11.3 Å². The molecule has 0 unspecified atom stereocenters. The van der Waals surface area contributed by atoms with Crippen molar-refractivity contribution in [2.45, 2.75) is 26.4 Å². The molecule has 2 N–H and O–H groups in total. The zero-order chi connectivity index (χ0) is 13.1. The van der Waals surface area contributed by atoms with Gasteiger partial charge in [-0.2, -0.15) is 0 Å². The summed E-state index contributed by atoms with van der Waals surface area (Å²) in [7, 11) is 0. The fourth-order valence-electron chi connectivity index (χ4n) is 1.90. The molecule has 0 amide bonds. The normalized spacial score (nSPS) is 10.9. The summed E-state index contributed by atoms with van der Waals surface area (Å²) >= 11 is 1.71. The second-order valence-electron chi connectivity index (χ2n) is 4.54. The van der Waals surface area contributed by atoms with E-state index >= 15 is 0 Å². The molecule has 0 saturated heterocycles. The summed E-state index contributed by atoms with van der Waals surface area (Å²) in [4.78, 5) is 3.40. The largest absolute Gasteiger partial charge is 0.399 e. The van der Waals surface area contributed by atoms with Crippen LogP contribution in [0.4, 0.5) is 15.8 Å². The molecule has 2 nitrogen and oxygen atoms in total. The zero-order valence-electron chi connectivity index (χ0n) is 10.6. The average Bonchev–Trinajstić information content (AvgIpc) is 2.76. The van der Waals surface area contributed by atoms with Gasteiger partial charge in [-0.15, -0.1) is 11.3 Å². The van der Waals surface area contributed by atoms with Gasteiger partial charge in [0, 0.05) is 22.3 Å². The molecule has 18 heavy (non-hydrogen) atoms. The zero-order valence-corrected chi connectivity index (χ0v) is 11.4. The first kappa shape index (κ1) is 12.9. The number of hydrogen-bond acceptors (Lipinski definition) is 3. The van der Waals surface area contributed by atoms with Crippen molar-refractivity contribution in [2.75, 3.05) is 10.6 Å². The van der Waals surface area contributed by atoms with Crippen LogP contribution in [0.3, 0.4) is 0 Å². The number of halogens is 1. The molecule has 4 heteroatoms. The Labute approximate surface area is 111 Å². The highest BCUT2D eigenvalue weighted by Gasteiger charge is 2.13. The van der Waals surface area contributed by atoms with Gasteiger partial charge >= 0.3 is 0 Å². The standard InChI is InChI=1S/C14H17FN2S/c1-10(2)17(9-14-4-3-5-18-14)13-7-11(15)6-12(16)8-13/h3-8,10H,9,16H2,1-2H3. The van der Waals surface area contributed by atoms with Gasteiger partial charge in [-0.25, -0.2) is 4.39 Å². The van der Waals surface area contributed by atoms with E-state index in [2.05, 4.69) is 24.8 Å². The third-order valence-electron chi connectivity index (χ3n) is 2.77. The highest BCUT2D eigenvalue weighted by molar-refractivity contribution is 7.09. The Bertz CT molecular complexity index is 488. The molecule has 0 spiro atoms. The lowest BCUT2D eigenvalue weighted by atomic mass is 10.2. The van der Waals surface area contributed by atoms with Crippen molar-refractivity contribution in [2.24, 2.45) is 0 Å². The summed E-state index contributed by atoms with van der Waals surface area (Å²) in [5.41, 5.74) is 7.00. The molecule has 96 valence electrons. The number of thiophene rings is 1. The van der Waals surface area contributed by atoms with Crippen LogP contribution in [0.15, 0.2) is 35.7 Å². The van der Waals surface area contributed by atoms with Crippen LogP contribution in [0.1, 0.15) is 18.7 Å². The van der Waals surface area contributed by atoms with E-state index in [1.165, 1.54) is 17.0 Å². The summed E-state index contributed by atoms with van der Waals surface area (Å²) < 4.78 is 13.4. The summed E-state index contributed by atoms with van der Waals surface area (Å²) in [6.07, 6.45) is 0. The van der Waals surface area contributed by atoms with E-state index in [0.717, 1.165) is 12.2 Å². The molecule has 0 aliphatic carbocycles. The second kappa shape index (κ2) is 5.40. The Kier molecular flexibility index (Phi) is 3.87. The maximum absolute atomic E-state index is 13.4. The van der Waals surface area contributed by atoms with Crippen LogP contribution in [0.2, 0.25) is 0 Å². The van der Waals surface area contributed by atoms with Crippen LogP contribution in [0.25, 0.3) is 0 Å². The predicted octanol–water partition coefficient (Wildman–Crippen LogP) is 3.88. The van der Waals surface area contributed by atoms with Crippen LogP contribution in [0.5, 0.6) is 0 Å². The molecule has 0 aliphatic rings. The van der Waals surface area contributed by atoms with E-state index < -0.39 is 0 Å². The van der Waals surface area contributed by atoms with Crippen molar-refractivity contribution < 1.29 is 4.39 Å². The van der Waals surface area contributed by atoms with Gasteiger partial charge in [-0.3, -0.25) is 0 Å². The van der Waals surface area contributed by atoms with E-state index in [0.29, 0.717) is 5.69 Å². The topological polar surface area (TPSA) is 29.3 Å². The third kappa shape index (κ3) is 3.01. The first-order valence-corrected chi connectivity index (χ1v) is 6.79. The van der Waals surface area contributed by atoms with Crippen molar-refractivity contribution in [1.82, 2.24) is 0 Å². The van der Waals surface area contributed by atoms with Crippen molar-refractivity contribution in [3.8, 4) is 0 Å². The first-order valence-electron chi connectivity index (χ1n) is 5.91. The fourth-order valence-corrected chi connectivity index (χ4v) is 2.61. The summed E-state index contributed by atoms with van der Waals surface area (Å²) in [5.74, 6) is -0.290. The van der Waals surface area contributed by atoms with Crippen molar-refractivity contribution in [3.05, 3.63) is 46.4 Å². The van der Waals surface area contributed by atoms with Crippen molar-refractivity contribution in [1.29, 1.82) is 0 Å². The minimum Gasteiger partial charge on any atom is -0.399 e. The van der Waals surface area contributed by atoms with Gasteiger partial charge in [0.1, 0.15) is 5.82 Å². The first-order chi connectivity index (χ1) is 8.56. The second-order valence-corrected chi connectivity index (χ2v) is 5.58. The lowest BCUT2D eigenvalue weighted by Crippen LogP contribution is -2.29. The molecule has 0 bridgehead atoms. The number of hydrogen-bond donors (Lipinski definition) is 1. The number of anilines is 2. The Morgan fingerprint density at radius 3 is 2.67 bits per heavy atom. The van der Waals surface area contributed by atoms with Crippen molar-refractivity contribution in [3.63, 3.8) is 0 Å². The molecule has 1 heterocycles. The van der Waals surface area contributed by atoms with Crippen LogP contribution in [0, 0.1) is 5.82 Å². The van der Waals surface area contributed by atoms with Gasteiger partial charge < -0.3 is 10.6 Å². The van der Waals surface area contributed by atoms with Gasteiger partial charge in [-0.05, 0) is 43.5 Å². The number of benzene rings is 1. The lowest BCUT2D eigenvalue weighted by Gasteiger charge is -2.28. The molecular weight excluding hydrogens is 247 g/mol. The van der Waals surface area contributed by atoms with Crippen molar-refractivity contribution >= 4 is 22.7 Å². The van der Waals surface area contributed by atoms with E-state index in [1.807, 2.05) is 17.5 Å². The quantitative estimate of drug-likeness (QED) is 0.849. The Morgan fingerprint density at radius 2 is 2.11 bits per heavy atom. The predicted molar refractivity (Wildman–Crippen MR) is 76.5 cm³/mol. The average molecular weight is 264 g/mol. The number of nitrogen functional groups attached to an aromatic ring is 1. The number of rotatable bonds is 4. The molecule has 1 aromatic carbocycles. The molecular formula is C14H17FN2S. The molecule has 2 aromatic rings. The van der Waals surface area contributed by atoms with Gasteiger partial charge in [0.05, 0.1) is 6.54 Å². The van der Waals surface area contributed by atoms with E-state index in [9.17, 15) is 4.39 Å². The maximum atomic E-state index is 13.4. The van der Waals surface area contributed by atoms with Gasteiger partial charge in [-0.1, -0.05) is 6.07 Å². The summed E-state index contributed by atoms with van der Waals surface area (Å²) in [6, 6.07) is 9.09. The molecule has 0 aliphatic heterocycles. The molecule has 1 aromatic heterocycles. The Balaban J connectivity index is 2.29. The Hall–Kier alpha value is -1.55. The van der Waals surface area contributed by atoms with Crippen LogP contribution in [-0.4, -0.2) is 6.04 Å². The highest BCUT2D eigenvalue weighted by atomic mass is 32.1. The van der Waals surface area contributed by atoms with Crippen LogP contribution in [-0.2, 0) is 6.54 Å². The Morgan fingerprint density at radius 1 is 1.33 bits per heavy atom. The minimum absolute atomic E-state index is 0.285. The van der Waals surface area contributed by atoms with E-state index in [-0.39, 0.29) is 11.9 Å². The van der Waals surface area contributed by atoms with Gasteiger partial charge in [0.15, 0.2) is 0 Å². The van der Waals surface area contributed by atoms with Crippen LogP contribution < -0.4 is 10.6 Å². The number of nitrogens with two attached hydrogens (primary N) is 1. The van der Waals surface area contributed by atoms with E-state index in [1.54, 1.807) is 11.3 Å². The third-order valence-corrected chi connectivity index (χ3v) is 3.63. The lowest BCUT2D eigenvalue weighted by molar-refractivity contribution is 0.623. The van der Waals surface area contributed by atoms with E-state index in [4.69, 9.17) is 5.73 Å². The van der Waals surface area contributed by atoms with Gasteiger partial charge in [0.2, 0.25) is 0 Å². The molecule has 0 fully saturated rings. The highest BCUT2D eigenvalue weighted by Crippen LogP contribution is 2.25. The van der Waals surface area contributed by atoms with Gasteiger partial charge in [0.25, 0.3) is 0 Å². The maximum Gasteiger partial charge on any atom is 0.127 e. The summed E-state index contributed by atoms with van der Waals surface area (Å²) in [5, 5.41) is 2.05. The molecule has 2 rings (SSSR count). The fraction of sp³-hybridized carbons (Fsp3) is 0.286. The molecule has 0 radical (unpaired) electrons. The number of nitrogens with zero attached hydrogens (tertiary/aromatic N) is 1. The molecule has 0 saturated carbocycles. The monoisotopic (exact) mass is 264 g/mol. The summed E-state index contributed by atoms with van der Waals surface area (Å²) in [6.45, 7) is 4.96. The molecule has 0 atom stereocenters. The smallest absolute Gasteiger partial charge is 0.127 e. The minimum atomic E-state index is -0.290. The SMILES string of the molecule is CC(C)N(Cc1cccs1)c1cc(N)cc(F)c1.